The van der Waals surface area contributed by atoms with Gasteiger partial charge in [-0.2, -0.15) is 16.8 Å². The predicted molar refractivity (Wildman–Crippen MR) is 116 cm³/mol. The summed E-state index contributed by atoms with van der Waals surface area (Å²) < 4.78 is 55.3. The van der Waals surface area contributed by atoms with Gasteiger partial charge in [-0.3, -0.25) is 8.37 Å². The third kappa shape index (κ3) is 4.77. The van der Waals surface area contributed by atoms with E-state index in [1.807, 2.05) is 0 Å². The summed E-state index contributed by atoms with van der Waals surface area (Å²) in [6, 6.07) is 0. The molecule has 10 atom stereocenters. The molecule has 8 rings (SSSR count). The first-order chi connectivity index (χ1) is 14.7. The first-order valence-electron chi connectivity index (χ1n) is 11.9. The van der Waals surface area contributed by atoms with Crippen molar-refractivity contribution in [3.8, 4) is 0 Å². The van der Waals surface area contributed by atoms with E-state index in [0.29, 0.717) is 11.8 Å². The van der Waals surface area contributed by atoms with Gasteiger partial charge in [-0.15, -0.1) is 0 Å². The molecule has 0 aromatic carbocycles. The van der Waals surface area contributed by atoms with Crippen LogP contribution < -0.4 is 0 Å². The third-order valence-corrected chi connectivity index (χ3v) is 10.0. The summed E-state index contributed by atoms with van der Waals surface area (Å²) in [5, 5.41) is 20.6. The summed E-state index contributed by atoms with van der Waals surface area (Å²) in [6.45, 7) is 0. The molecule has 0 aromatic rings. The van der Waals surface area contributed by atoms with Gasteiger partial charge in [0, 0.05) is 0 Å². The minimum absolute atomic E-state index is 0.174. The van der Waals surface area contributed by atoms with Gasteiger partial charge in [-0.05, 0) is 99.7 Å². The number of aliphatic hydroxyl groups is 2. The topological polar surface area (TPSA) is 127 Å². The minimum Gasteiger partial charge on any atom is -0.390 e. The van der Waals surface area contributed by atoms with E-state index in [4.69, 9.17) is 8.37 Å². The molecule has 184 valence electrons. The maximum Gasteiger partial charge on any atom is 0.264 e. The predicted octanol–water partition coefficient (Wildman–Crippen LogP) is 1.80. The van der Waals surface area contributed by atoms with Crippen molar-refractivity contribution in [3.63, 3.8) is 0 Å². The van der Waals surface area contributed by atoms with Crippen LogP contribution in [0.25, 0.3) is 0 Å². The number of hydrogen-bond acceptors (Lipinski definition) is 8. The van der Waals surface area contributed by atoms with Crippen molar-refractivity contribution in [2.75, 3.05) is 12.5 Å². The van der Waals surface area contributed by atoms with Gasteiger partial charge in [0.1, 0.15) is 0 Å². The second-order valence-electron chi connectivity index (χ2n) is 11.9. The van der Waals surface area contributed by atoms with Crippen molar-refractivity contribution in [1.82, 2.24) is 0 Å². The molecule has 8 nitrogen and oxygen atoms in total. The summed E-state index contributed by atoms with van der Waals surface area (Å²) in [7, 11) is -6.74. The van der Waals surface area contributed by atoms with E-state index in [2.05, 4.69) is 0 Å². The Morgan fingerprint density at radius 3 is 1.09 bits per heavy atom. The lowest BCUT2D eigenvalue weighted by Gasteiger charge is -2.57. The van der Waals surface area contributed by atoms with Gasteiger partial charge >= 0.3 is 0 Å². The highest BCUT2D eigenvalue weighted by atomic mass is 32.2. The van der Waals surface area contributed by atoms with E-state index < -0.39 is 31.4 Å². The van der Waals surface area contributed by atoms with Crippen molar-refractivity contribution in [2.24, 2.45) is 35.5 Å². The Morgan fingerprint density at radius 1 is 0.594 bits per heavy atom. The molecule has 8 bridgehead atoms. The van der Waals surface area contributed by atoms with Gasteiger partial charge in [0.2, 0.25) is 0 Å². The van der Waals surface area contributed by atoms with Gasteiger partial charge in [0.15, 0.2) is 0 Å². The lowest BCUT2D eigenvalue weighted by Crippen LogP contribution is -2.57. The maximum absolute atomic E-state index is 11.2. The van der Waals surface area contributed by atoms with Crippen molar-refractivity contribution >= 4 is 20.2 Å². The zero-order valence-corrected chi connectivity index (χ0v) is 20.5. The van der Waals surface area contributed by atoms with E-state index in [9.17, 15) is 27.0 Å². The van der Waals surface area contributed by atoms with Crippen LogP contribution in [0.4, 0.5) is 0 Å². The van der Waals surface area contributed by atoms with E-state index >= 15 is 0 Å². The maximum atomic E-state index is 11.2. The Labute approximate surface area is 191 Å². The zero-order valence-electron chi connectivity index (χ0n) is 18.9. The molecule has 0 amide bonds. The lowest BCUT2D eigenvalue weighted by atomic mass is 9.53. The third-order valence-electron chi connectivity index (χ3n) is 8.88. The molecule has 10 heteroatoms. The highest BCUT2D eigenvalue weighted by Gasteiger charge is 2.57. The molecule has 2 N–H and O–H groups in total. The summed E-state index contributed by atoms with van der Waals surface area (Å²) in [5.41, 5.74) is -1.04. The van der Waals surface area contributed by atoms with Crippen molar-refractivity contribution in [1.29, 1.82) is 0 Å². The highest BCUT2D eigenvalue weighted by molar-refractivity contribution is 7.86. The summed E-state index contributed by atoms with van der Waals surface area (Å²) in [5.74, 6) is 2.14. The monoisotopic (exact) mass is 492 g/mol. The first-order valence-corrected chi connectivity index (χ1v) is 15.5. The molecule has 8 aliphatic carbocycles. The summed E-state index contributed by atoms with van der Waals surface area (Å²) in [4.78, 5) is 0. The average Bonchev–Trinajstić information content (AvgIpc) is 2.57. The van der Waals surface area contributed by atoms with Crippen LogP contribution in [0.2, 0.25) is 0 Å². The molecule has 32 heavy (non-hydrogen) atoms. The largest absolute Gasteiger partial charge is 0.390 e. The lowest BCUT2D eigenvalue weighted by molar-refractivity contribution is -0.167. The van der Waals surface area contributed by atoms with Crippen LogP contribution in [-0.4, -0.2) is 63.0 Å². The van der Waals surface area contributed by atoms with Crippen LogP contribution in [-0.2, 0) is 28.6 Å². The Balaban J connectivity index is 0.000000135. The fraction of sp³-hybridized carbons (Fsp3) is 1.00. The fourth-order valence-electron chi connectivity index (χ4n) is 8.59. The van der Waals surface area contributed by atoms with Crippen LogP contribution in [0.3, 0.4) is 0 Å². The normalized spacial score (nSPS) is 50.9. The second kappa shape index (κ2) is 7.62. The molecule has 0 spiro atoms. The molecule has 0 radical (unpaired) electrons. The molecule has 8 fully saturated rings. The van der Waals surface area contributed by atoms with Crippen LogP contribution in [0.1, 0.15) is 64.2 Å². The number of hydrogen-bond donors (Lipinski definition) is 2. The Bertz CT molecular complexity index is 850. The molecule has 0 saturated heterocycles. The molecular formula is C22H36O8S2. The van der Waals surface area contributed by atoms with Crippen LogP contribution >= 0.6 is 0 Å². The van der Waals surface area contributed by atoms with Gasteiger partial charge < -0.3 is 10.2 Å². The molecule has 6 unspecified atom stereocenters. The molecule has 8 saturated carbocycles. The van der Waals surface area contributed by atoms with Crippen molar-refractivity contribution in [3.05, 3.63) is 0 Å². The van der Waals surface area contributed by atoms with Crippen LogP contribution in [0, 0.1) is 35.5 Å². The van der Waals surface area contributed by atoms with Gasteiger partial charge in [-0.1, -0.05) is 0 Å². The van der Waals surface area contributed by atoms with Crippen molar-refractivity contribution in [2.45, 2.75) is 87.6 Å². The average molecular weight is 493 g/mol. The van der Waals surface area contributed by atoms with Crippen LogP contribution in [0.15, 0.2) is 0 Å². The zero-order chi connectivity index (χ0) is 23.1. The Kier molecular flexibility index (Phi) is 5.59. The Hall–Kier alpha value is -0.260. The quantitative estimate of drug-likeness (QED) is 0.569. The van der Waals surface area contributed by atoms with E-state index in [1.54, 1.807) is 0 Å². The van der Waals surface area contributed by atoms with Crippen molar-refractivity contribution < 1.29 is 35.4 Å². The van der Waals surface area contributed by atoms with Crippen LogP contribution in [0.5, 0.6) is 0 Å². The summed E-state index contributed by atoms with van der Waals surface area (Å²) >= 11 is 0. The highest BCUT2D eigenvalue weighted by Crippen LogP contribution is 2.57. The van der Waals surface area contributed by atoms with E-state index in [0.717, 1.165) is 76.7 Å². The standard InChI is InChI=1S/2C11H18O4S/c2*1-16(13,14)15-10-8-2-7-3-9(10)6-11(12,4-7)5-8/h2*7-10,12H,2-6H2,1H3/t2*7?,8-,9+,10?,11?. The minimum atomic E-state index is -3.37. The van der Waals surface area contributed by atoms with Gasteiger partial charge in [-0.25, -0.2) is 0 Å². The smallest absolute Gasteiger partial charge is 0.264 e. The first kappa shape index (κ1) is 23.5. The molecule has 8 aliphatic rings. The number of rotatable bonds is 4. The molecule has 0 aromatic heterocycles. The molecule has 0 aliphatic heterocycles. The fourth-order valence-corrected chi connectivity index (χ4v) is 10.0. The summed E-state index contributed by atoms with van der Waals surface area (Å²) in [6.07, 6.45) is 10.7. The van der Waals surface area contributed by atoms with Gasteiger partial charge in [0.25, 0.3) is 20.2 Å². The van der Waals surface area contributed by atoms with E-state index in [1.165, 1.54) is 0 Å². The van der Waals surface area contributed by atoms with E-state index in [-0.39, 0.29) is 35.9 Å². The Morgan fingerprint density at radius 2 is 0.875 bits per heavy atom. The molecule has 0 heterocycles. The SMILES string of the molecule is CS(=O)(=O)OC1[C@@H]2CC3C[C@H]1CC(O)(C3)C2.CS(=O)(=O)OC1[C@@H]2CC3C[C@H]1CC(O)(C3)C2. The molecular weight excluding hydrogens is 456 g/mol. The second-order valence-corrected chi connectivity index (χ2v) is 15.1. The van der Waals surface area contributed by atoms with Gasteiger partial charge in [0.05, 0.1) is 35.9 Å².